The smallest absolute Gasteiger partial charge is 0.124 e. The number of benzene rings is 7. The number of aromatic hydroxyl groups is 1. The first kappa shape index (κ1) is 51.0. The Bertz CT molecular complexity index is 3630. The minimum Gasteiger partial charge on any atom is -0.507 e. The Balaban J connectivity index is 0.00000656. The number of hydrogen-bond donors (Lipinski definition) is 1. The predicted octanol–water partition coefficient (Wildman–Crippen LogP) is 18.3. The van der Waals surface area contributed by atoms with Gasteiger partial charge in [0.25, 0.3) is 0 Å². The molecule has 4 nitrogen and oxygen atoms in total. The number of phenols is 1. The van der Waals surface area contributed by atoms with E-state index in [0.29, 0.717) is 11.3 Å². The van der Waals surface area contributed by atoms with Crippen LogP contribution in [-0.4, -0.2) is 19.6 Å². The van der Waals surface area contributed by atoms with E-state index < -0.39 is 0 Å². The molecule has 10 rings (SSSR count). The van der Waals surface area contributed by atoms with E-state index in [-0.39, 0.29) is 48.5 Å². The second-order valence-corrected chi connectivity index (χ2v) is 23.8. The molecule has 0 aliphatic carbocycles. The zero-order chi connectivity index (χ0) is 50.9. The van der Waals surface area contributed by atoms with Crippen molar-refractivity contribution in [3.63, 3.8) is 0 Å². The summed E-state index contributed by atoms with van der Waals surface area (Å²) in [6, 6.07) is 64.5. The van der Waals surface area contributed by atoms with Crippen LogP contribution in [0.5, 0.6) is 5.75 Å². The predicted molar refractivity (Wildman–Crippen MR) is 304 cm³/mol. The number of nitrogens with zero attached hydrogens (tertiary/aromatic N) is 3. The molecule has 0 spiro atoms. The van der Waals surface area contributed by atoms with Gasteiger partial charge in [-0.3, -0.25) is 9.97 Å². The van der Waals surface area contributed by atoms with Crippen LogP contribution >= 0.6 is 0 Å². The third-order valence-corrected chi connectivity index (χ3v) is 14.2. The van der Waals surface area contributed by atoms with Gasteiger partial charge < -0.3 is 9.67 Å². The van der Waals surface area contributed by atoms with Crippen molar-refractivity contribution < 1.29 is 26.2 Å². The van der Waals surface area contributed by atoms with E-state index in [1.807, 2.05) is 24.4 Å². The monoisotopic (exact) mass is 1140 g/mol. The van der Waals surface area contributed by atoms with Gasteiger partial charge in [-0.1, -0.05) is 203 Å². The van der Waals surface area contributed by atoms with E-state index in [1.165, 1.54) is 44.2 Å². The van der Waals surface area contributed by atoms with Crippen LogP contribution in [-0.2, 0) is 42.7 Å². The number of rotatable bonds is 7. The number of para-hydroxylation sites is 3. The molecule has 0 fully saturated rings. The summed E-state index contributed by atoms with van der Waals surface area (Å²) < 4.78 is 2.44. The average Bonchev–Trinajstić information content (AvgIpc) is 3.70. The van der Waals surface area contributed by atoms with Crippen LogP contribution < -0.4 is 0 Å². The molecule has 0 atom stereocenters. The molecule has 3 aromatic heterocycles. The molecular weight excluding hydrogens is 1070 g/mol. The third kappa shape index (κ3) is 10.2. The molecule has 3 heterocycles. The van der Waals surface area contributed by atoms with Crippen molar-refractivity contribution >= 4 is 21.8 Å². The summed E-state index contributed by atoms with van der Waals surface area (Å²) in [5, 5.41) is 13.6. The van der Waals surface area contributed by atoms with Crippen LogP contribution in [0.15, 0.2) is 176 Å². The van der Waals surface area contributed by atoms with Gasteiger partial charge in [-0.25, -0.2) is 0 Å². The van der Waals surface area contributed by atoms with Crippen molar-refractivity contribution in [1.29, 1.82) is 0 Å². The van der Waals surface area contributed by atoms with E-state index in [2.05, 4.69) is 239 Å². The molecule has 0 unspecified atom stereocenters. The molecule has 0 saturated carbocycles. The van der Waals surface area contributed by atoms with E-state index >= 15 is 0 Å². The first-order valence-electron chi connectivity index (χ1n) is 25.4. The minimum absolute atomic E-state index is 0. The third-order valence-electron chi connectivity index (χ3n) is 14.2. The molecule has 0 aliphatic heterocycles. The summed E-state index contributed by atoms with van der Waals surface area (Å²) in [6.07, 6.45) is 1.91. The maximum Gasteiger partial charge on any atom is 0.124 e. The zero-order valence-electron chi connectivity index (χ0n) is 44.3. The number of phenolic OH excluding ortho intramolecular Hbond substituents is 1. The zero-order valence-corrected chi connectivity index (χ0v) is 46.6. The molecule has 0 saturated heterocycles. The van der Waals surface area contributed by atoms with Gasteiger partial charge >= 0.3 is 0 Å². The Morgan fingerprint density at radius 3 is 1.53 bits per heavy atom. The summed E-state index contributed by atoms with van der Waals surface area (Å²) in [6.45, 7) is 27.4. The molecule has 1 N–H and O–H groups in total. The second kappa shape index (κ2) is 19.2. The van der Waals surface area contributed by atoms with Crippen LogP contribution in [0.4, 0.5) is 0 Å². The van der Waals surface area contributed by atoms with Gasteiger partial charge in [0, 0.05) is 66.2 Å². The summed E-state index contributed by atoms with van der Waals surface area (Å²) >= 11 is 0. The molecule has 0 bridgehead atoms. The molecule has 7 aromatic carbocycles. The van der Waals surface area contributed by atoms with Crippen LogP contribution in [0.25, 0.3) is 94.6 Å². The molecule has 10 aromatic rings. The van der Waals surface area contributed by atoms with Crippen molar-refractivity contribution in [2.45, 2.75) is 105 Å². The summed E-state index contributed by atoms with van der Waals surface area (Å²) in [5.41, 5.74) is 19.9. The topological polar surface area (TPSA) is 50.9 Å². The van der Waals surface area contributed by atoms with E-state index in [0.717, 1.165) is 61.5 Å². The number of aromatic nitrogens is 3. The van der Waals surface area contributed by atoms with Gasteiger partial charge in [-0.2, -0.15) is 0 Å². The second-order valence-electron chi connectivity index (χ2n) is 23.8. The van der Waals surface area contributed by atoms with E-state index in [9.17, 15) is 5.11 Å². The summed E-state index contributed by atoms with van der Waals surface area (Å²) in [7, 11) is 0. The molecule has 5 heteroatoms. The Hall–Kier alpha value is -6.87. The van der Waals surface area contributed by atoms with Crippen molar-refractivity contribution in [3.8, 4) is 78.6 Å². The molecule has 0 aliphatic rings. The Kier molecular flexibility index (Phi) is 13.4. The Morgan fingerprint density at radius 2 is 0.904 bits per heavy atom. The Morgan fingerprint density at radius 1 is 0.411 bits per heavy atom. The van der Waals surface area contributed by atoms with Crippen molar-refractivity contribution in [3.05, 3.63) is 204 Å². The van der Waals surface area contributed by atoms with Gasteiger partial charge in [-0.05, 0) is 114 Å². The van der Waals surface area contributed by atoms with E-state index in [1.54, 1.807) is 6.07 Å². The quantitative estimate of drug-likeness (QED) is 0.162. The summed E-state index contributed by atoms with van der Waals surface area (Å²) in [4.78, 5) is 10.2. The number of hydrogen-bond acceptors (Lipinski definition) is 3. The first-order chi connectivity index (χ1) is 34.1. The standard InChI is InChI=1S/C68H66N3O.Pt/c1-65(2,3)50-33-47(34-51(41-50)66(4,5)6)43-20-18-23-54(37-43)71-62-28-15-13-24-56(62)57-27-19-26-55(64(57)71)44-30-31-69-59(38-44)45-21-17-22-46(32-45)60-39-49(40-61(70-60)58-25-14-16-29-63(58)72)48-35-52(67(7,8)9)42-53(36-48)68(10,11)12;/h13-31,33-42,72H,1-12H3;/q-1;. The average molecular weight is 1140 g/mol. The number of fused-ring (bicyclic) bond motifs is 3. The Labute approximate surface area is 447 Å². The van der Waals surface area contributed by atoms with Gasteiger partial charge in [0.05, 0.1) is 16.7 Å². The fourth-order valence-electron chi connectivity index (χ4n) is 9.84. The SMILES string of the molecule is CC(C)(C)c1cc(-c2cccc(-n3c4ccccc4c4cccc(-c5ccnc(-c6[c-]c(-c7cc(-c8cc(C(C)(C)C)cc(C(C)(C)C)c8)cc(-c8ccccc8O)n7)ccc6)c5)c43)c2)cc(C(C)(C)C)c1.[Pt]. The molecular formula is C68H66N3OPt-. The largest absolute Gasteiger partial charge is 0.507 e. The fourth-order valence-corrected chi connectivity index (χ4v) is 9.84. The van der Waals surface area contributed by atoms with Crippen LogP contribution in [0.3, 0.4) is 0 Å². The van der Waals surface area contributed by atoms with Gasteiger partial charge in [0.15, 0.2) is 0 Å². The van der Waals surface area contributed by atoms with Gasteiger partial charge in [-0.15, -0.1) is 24.3 Å². The van der Waals surface area contributed by atoms with E-state index in [4.69, 9.17) is 9.97 Å². The number of pyridine rings is 2. The maximum atomic E-state index is 11.2. The van der Waals surface area contributed by atoms with Crippen LogP contribution in [0, 0.1) is 6.07 Å². The van der Waals surface area contributed by atoms with Crippen LogP contribution in [0.1, 0.15) is 105 Å². The first-order valence-corrected chi connectivity index (χ1v) is 25.4. The fraction of sp³-hybridized carbons (Fsp3) is 0.235. The van der Waals surface area contributed by atoms with Crippen molar-refractivity contribution in [1.82, 2.24) is 14.5 Å². The molecule has 370 valence electrons. The van der Waals surface area contributed by atoms with Crippen molar-refractivity contribution in [2.24, 2.45) is 0 Å². The minimum atomic E-state index is -0.0564. The normalized spacial score (nSPS) is 12.3. The van der Waals surface area contributed by atoms with Crippen molar-refractivity contribution in [2.75, 3.05) is 0 Å². The summed E-state index contributed by atoms with van der Waals surface area (Å²) in [5.74, 6) is 0.188. The van der Waals surface area contributed by atoms with Gasteiger partial charge in [0.1, 0.15) is 5.75 Å². The van der Waals surface area contributed by atoms with Crippen LogP contribution in [0.2, 0.25) is 0 Å². The molecule has 73 heavy (non-hydrogen) atoms. The maximum absolute atomic E-state index is 11.2. The molecule has 0 radical (unpaired) electrons. The molecule has 0 amide bonds. The van der Waals surface area contributed by atoms with Gasteiger partial charge in [0.2, 0.25) is 0 Å².